The summed E-state index contributed by atoms with van der Waals surface area (Å²) < 4.78 is 1.20. The molecule has 1 atom stereocenters. The Morgan fingerprint density at radius 3 is 2.63 bits per heavy atom. The highest BCUT2D eigenvalue weighted by Crippen LogP contribution is 2.38. The van der Waals surface area contributed by atoms with E-state index in [0.717, 1.165) is 18.9 Å². The first kappa shape index (κ1) is 14.9. The van der Waals surface area contributed by atoms with Crippen molar-refractivity contribution in [3.8, 4) is 0 Å². The van der Waals surface area contributed by atoms with E-state index in [1.54, 1.807) is 0 Å². The number of rotatable bonds is 3. The molecule has 2 N–H and O–H groups in total. The summed E-state index contributed by atoms with van der Waals surface area (Å²) in [7, 11) is 0. The van der Waals surface area contributed by atoms with Crippen molar-refractivity contribution in [1.82, 2.24) is 0 Å². The molecule has 1 unspecified atom stereocenters. The second-order valence-electron chi connectivity index (χ2n) is 6.62. The summed E-state index contributed by atoms with van der Waals surface area (Å²) in [6, 6.07) is 6.66. The lowest BCUT2D eigenvalue weighted by Crippen LogP contribution is -2.26. The van der Waals surface area contributed by atoms with Gasteiger partial charge in [-0.15, -0.1) is 0 Å². The second kappa shape index (κ2) is 5.84. The molecule has 0 aliphatic carbocycles. The van der Waals surface area contributed by atoms with Gasteiger partial charge in [0.1, 0.15) is 0 Å². The first-order chi connectivity index (χ1) is 8.91. The predicted molar refractivity (Wildman–Crippen MR) is 86.7 cm³/mol. The van der Waals surface area contributed by atoms with E-state index in [2.05, 4.69) is 59.8 Å². The first-order valence-electron chi connectivity index (χ1n) is 7.15. The maximum atomic E-state index is 5.61. The highest BCUT2D eigenvalue weighted by molar-refractivity contribution is 9.10. The van der Waals surface area contributed by atoms with Crippen LogP contribution in [0, 0.1) is 11.3 Å². The van der Waals surface area contributed by atoms with Crippen LogP contribution in [0.1, 0.15) is 32.8 Å². The molecule has 2 nitrogen and oxygen atoms in total. The van der Waals surface area contributed by atoms with E-state index < -0.39 is 0 Å². The monoisotopic (exact) mass is 324 g/mol. The maximum Gasteiger partial charge on any atom is 0.0510 e. The number of halogens is 1. The van der Waals surface area contributed by atoms with Crippen molar-refractivity contribution in [2.75, 3.05) is 24.5 Å². The summed E-state index contributed by atoms with van der Waals surface area (Å²) in [5, 5.41) is 0. The van der Waals surface area contributed by atoms with Gasteiger partial charge in [0.25, 0.3) is 0 Å². The average molecular weight is 325 g/mol. The van der Waals surface area contributed by atoms with Crippen LogP contribution in [0.25, 0.3) is 0 Å². The number of hydrogen-bond acceptors (Lipinski definition) is 2. The molecule has 1 saturated heterocycles. The van der Waals surface area contributed by atoms with Gasteiger partial charge in [-0.3, -0.25) is 0 Å². The topological polar surface area (TPSA) is 29.3 Å². The molecule has 0 spiro atoms. The lowest BCUT2D eigenvalue weighted by Gasteiger charge is -2.28. The Bertz CT molecular complexity index is 437. The Hall–Kier alpha value is -0.540. The molecule has 0 saturated carbocycles. The fourth-order valence-electron chi connectivity index (χ4n) is 2.81. The lowest BCUT2D eigenvalue weighted by molar-refractivity contribution is 0.263. The molecule has 1 heterocycles. The van der Waals surface area contributed by atoms with Crippen LogP contribution in [0.2, 0.25) is 0 Å². The molecule has 106 valence electrons. The average Bonchev–Trinajstić information content (AvgIpc) is 2.78. The number of anilines is 1. The van der Waals surface area contributed by atoms with Crippen molar-refractivity contribution in [1.29, 1.82) is 0 Å². The Morgan fingerprint density at radius 2 is 2.11 bits per heavy atom. The summed E-state index contributed by atoms with van der Waals surface area (Å²) in [5.74, 6) is 0.781. The van der Waals surface area contributed by atoms with Gasteiger partial charge in [-0.25, -0.2) is 0 Å². The minimum atomic E-state index is 0.403. The summed E-state index contributed by atoms with van der Waals surface area (Å²) in [4.78, 5) is 2.51. The third-order valence-corrected chi connectivity index (χ3v) is 4.83. The molecular formula is C16H25BrN2. The third-order valence-electron chi connectivity index (χ3n) is 4.20. The third kappa shape index (κ3) is 3.51. The molecular weight excluding hydrogens is 300 g/mol. The van der Waals surface area contributed by atoms with Crippen LogP contribution in [0.4, 0.5) is 5.69 Å². The maximum absolute atomic E-state index is 5.61. The first-order valence-corrected chi connectivity index (χ1v) is 7.94. The van der Waals surface area contributed by atoms with E-state index >= 15 is 0 Å². The standard InChI is InChI=1S/C16H25BrN2/c1-16(2,3)13-7-9-19(11-13)15-5-4-12(6-8-18)10-14(15)17/h4-5,10,13H,6-9,11,18H2,1-3H3. The fourth-order valence-corrected chi connectivity index (χ4v) is 3.49. The van der Waals surface area contributed by atoms with Crippen LogP contribution in [-0.2, 0) is 6.42 Å². The van der Waals surface area contributed by atoms with Crippen LogP contribution in [0.5, 0.6) is 0 Å². The molecule has 1 aromatic carbocycles. The molecule has 1 aliphatic rings. The predicted octanol–water partition coefficient (Wildman–Crippen LogP) is 3.82. The van der Waals surface area contributed by atoms with E-state index in [9.17, 15) is 0 Å². The van der Waals surface area contributed by atoms with Gasteiger partial charge < -0.3 is 10.6 Å². The zero-order valence-electron chi connectivity index (χ0n) is 12.2. The van der Waals surface area contributed by atoms with Gasteiger partial charge in [0.05, 0.1) is 5.69 Å². The molecule has 1 aromatic rings. The van der Waals surface area contributed by atoms with Crippen molar-refractivity contribution >= 4 is 21.6 Å². The van der Waals surface area contributed by atoms with Gasteiger partial charge >= 0.3 is 0 Å². The Balaban J connectivity index is 2.11. The van der Waals surface area contributed by atoms with E-state index in [1.165, 1.54) is 28.7 Å². The molecule has 19 heavy (non-hydrogen) atoms. The highest BCUT2D eigenvalue weighted by atomic mass is 79.9. The van der Waals surface area contributed by atoms with Crippen LogP contribution in [-0.4, -0.2) is 19.6 Å². The van der Waals surface area contributed by atoms with Crippen LogP contribution in [0.15, 0.2) is 22.7 Å². The lowest BCUT2D eigenvalue weighted by atomic mass is 9.80. The molecule has 0 radical (unpaired) electrons. The molecule has 0 bridgehead atoms. The summed E-state index contributed by atoms with van der Waals surface area (Å²) >= 11 is 3.72. The van der Waals surface area contributed by atoms with Gasteiger partial charge in [-0.2, -0.15) is 0 Å². The van der Waals surface area contributed by atoms with E-state index in [1.807, 2.05) is 0 Å². The number of nitrogens with two attached hydrogens (primary N) is 1. The molecule has 1 fully saturated rings. The molecule has 2 rings (SSSR count). The van der Waals surface area contributed by atoms with Crippen molar-refractivity contribution in [3.05, 3.63) is 28.2 Å². The largest absolute Gasteiger partial charge is 0.370 e. The van der Waals surface area contributed by atoms with Gasteiger partial charge in [-0.05, 0) is 64.3 Å². The SMILES string of the molecule is CC(C)(C)C1CCN(c2ccc(CCN)cc2Br)C1. The van der Waals surface area contributed by atoms with Gasteiger partial charge in [0, 0.05) is 17.6 Å². The van der Waals surface area contributed by atoms with Crippen molar-refractivity contribution in [3.63, 3.8) is 0 Å². The smallest absolute Gasteiger partial charge is 0.0510 e. The second-order valence-corrected chi connectivity index (χ2v) is 7.48. The summed E-state index contributed by atoms with van der Waals surface area (Å²) in [6.07, 6.45) is 2.24. The van der Waals surface area contributed by atoms with E-state index in [0.29, 0.717) is 12.0 Å². The highest BCUT2D eigenvalue weighted by Gasteiger charge is 2.32. The molecule has 0 amide bonds. The zero-order valence-corrected chi connectivity index (χ0v) is 13.8. The molecule has 0 aromatic heterocycles. The van der Waals surface area contributed by atoms with Crippen LogP contribution < -0.4 is 10.6 Å². The number of nitrogens with zero attached hydrogens (tertiary/aromatic N) is 1. The minimum Gasteiger partial charge on any atom is -0.370 e. The Labute approximate surface area is 125 Å². The number of hydrogen-bond donors (Lipinski definition) is 1. The van der Waals surface area contributed by atoms with E-state index in [-0.39, 0.29) is 0 Å². The summed E-state index contributed by atoms with van der Waals surface area (Å²) in [5.41, 5.74) is 8.65. The van der Waals surface area contributed by atoms with Gasteiger partial charge in [0.15, 0.2) is 0 Å². The van der Waals surface area contributed by atoms with Gasteiger partial charge in [-0.1, -0.05) is 26.8 Å². The fraction of sp³-hybridized carbons (Fsp3) is 0.625. The zero-order chi connectivity index (χ0) is 14.0. The Morgan fingerprint density at radius 1 is 1.37 bits per heavy atom. The van der Waals surface area contributed by atoms with Gasteiger partial charge in [0.2, 0.25) is 0 Å². The number of benzene rings is 1. The van der Waals surface area contributed by atoms with Crippen molar-refractivity contribution < 1.29 is 0 Å². The van der Waals surface area contributed by atoms with E-state index in [4.69, 9.17) is 5.73 Å². The molecule has 3 heteroatoms. The normalized spacial score (nSPS) is 20.1. The van der Waals surface area contributed by atoms with Crippen LogP contribution in [0.3, 0.4) is 0 Å². The van der Waals surface area contributed by atoms with Crippen LogP contribution >= 0.6 is 15.9 Å². The molecule has 1 aliphatic heterocycles. The quantitative estimate of drug-likeness (QED) is 0.915. The van der Waals surface area contributed by atoms with Crippen molar-refractivity contribution in [2.24, 2.45) is 17.1 Å². The van der Waals surface area contributed by atoms with Crippen molar-refractivity contribution in [2.45, 2.75) is 33.6 Å². The Kier molecular flexibility index (Phi) is 4.57. The summed E-state index contributed by atoms with van der Waals surface area (Å²) in [6.45, 7) is 10.1. The minimum absolute atomic E-state index is 0.403.